The fourth-order valence-corrected chi connectivity index (χ4v) is 1.74. The lowest BCUT2D eigenvalue weighted by Crippen LogP contribution is -2.18. The Kier molecular flexibility index (Phi) is 2.39. The number of nitrogens with one attached hydrogen (secondary N) is 1. The highest BCUT2D eigenvalue weighted by Crippen LogP contribution is 1.98. The molecule has 0 unspecified atom stereocenters. The summed E-state index contributed by atoms with van der Waals surface area (Å²) in [5, 5.41) is 4.64. The molecule has 0 atom stereocenters. The minimum atomic E-state index is 1.12. The van der Waals surface area contributed by atoms with Crippen LogP contribution in [-0.4, -0.2) is 35.6 Å². The minimum absolute atomic E-state index is 1.12. The molecule has 1 aliphatic rings. The Hall–Kier alpha value is -0.180. The molecule has 9 heavy (non-hydrogen) atoms. The van der Waals surface area contributed by atoms with Gasteiger partial charge in [0, 0.05) is 0 Å². The zero-order valence-corrected chi connectivity index (χ0v) is 6.79. The van der Waals surface area contributed by atoms with Gasteiger partial charge in [0.2, 0.25) is 0 Å². The standard InChI is InChI=1S/C6H12N2S/c1-3-8-5-4-7-6(8)9-2/h3-5H2,1-2H3/p+1. The molecule has 0 bridgehead atoms. The summed E-state index contributed by atoms with van der Waals surface area (Å²) in [7, 11) is 0. The molecular formula is C6H13N2S+. The van der Waals surface area contributed by atoms with Gasteiger partial charge in [-0.15, -0.1) is 0 Å². The monoisotopic (exact) mass is 145 g/mol. The third-order valence-corrected chi connectivity index (χ3v) is 2.31. The van der Waals surface area contributed by atoms with Crippen LogP contribution < -0.4 is 5.32 Å². The van der Waals surface area contributed by atoms with Crippen LogP contribution in [0.5, 0.6) is 0 Å². The van der Waals surface area contributed by atoms with E-state index in [2.05, 4.69) is 23.1 Å². The Bertz CT molecular complexity index is 117. The van der Waals surface area contributed by atoms with Crippen molar-refractivity contribution in [3.8, 4) is 0 Å². The van der Waals surface area contributed by atoms with Gasteiger partial charge in [0.05, 0.1) is 6.54 Å². The molecule has 0 radical (unpaired) electrons. The van der Waals surface area contributed by atoms with Gasteiger partial charge in [-0.2, -0.15) is 0 Å². The Morgan fingerprint density at radius 1 is 1.78 bits per heavy atom. The van der Waals surface area contributed by atoms with E-state index in [4.69, 9.17) is 0 Å². The Morgan fingerprint density at radius 2 is 2.56 bits per heavy atom. The van der Waals surface area contributed by atoms with E-state index in [1.807, 2.05) is 0 Å². The molecule has 1 heterocycles. The molecule has 52 valence electrons. The van der Waals surface area contributed by atoms with E-state index in [1.54, 1.807) is 11.8 Å². The molecule has 1 N–H and O–H groups in total. The number of hydrogen-bond donors (Lipinski definition) is 1. The zero-order chi connectivity index (χ0) is 6.69. The van der Waals surface area contributed by atoms with E-state index in [1.165, 1.54) is 11.7 Å². The molecule has 1 rings (SSSR count). The van der Waals surface area contributed by atoms with Gasteiger partial charge >= 0.3 is 5.17 Å². The van der Waals surface area contributed by atoms with Crippen LogP contribution in [0.3, 0.4) is 0 Å². The zero-order valence-electron chi connectivity index (χ0n) is 5.98. The van der Waals surface area contributed by atoms with Crippen molar-refractivity contribution in [2.24, 2.45) is 0 Å². The molecule has 0 amide bonds. The normalized spacial score (nSPS) is 18.4. The van der Waals surface area contributed by atoms with Gasteiger partial charge < -0.3 is 0 Å². The summed E-state index contributed by atoms with van der Waals surface area (Å²) in [4.78, 5) is 0. The van der Waals surface area contributed by atoms with Gasteiger partial charge in [-0.3, -0.25) is 9.89 Å². The second-order valence-corrected chi connectivity index (χ2v) is 2.81. The van der Waals surface area contributed by atoms with Crippen molar-refractivity contribution < 1.29 is 4.58 Å². The SMILES string of the molecule is CC[N+]1=C(SC)NCC1. The van der Waals surface area contributed by atoms with E-state index in [9.17, 15) is 0 Å². The lowest BCUT2D eigenvalue weighted by atomic mass is 10.6. The second-order valence-electron chi connectivity index (χ2n) is 2.02. The summed E-state index contributed by atoms with van der Waals surface area (Å²) in [6.45, 7) is 5.60. The smallest absolute Gasteiger partial charge is 0.265 e. The minimum Gasteiger partial charge on any atom is -0.265 e. The highest BCUT2D eigenvalue weighted by Gasteiger charge is 2.16. The molecular weight excluding hydrogens is 132 g/mol. The molecule has 0 aliphatic carbocycles. The molecule has 2 nitrogen and oxygen atoms in total. The molecule has 0 spiro atoms. The molecule has 0 aromatic carbocycles. The maximum Gasteiger partial charge on any atom is 0.306 e. The van der Waals surface area contributed by atoms with E-state index < -0.39 is 0 Å². The number of rotatable bonds is 1. The fraction of sp³-hybridized carbons (Fsp3) is 0.833. The number of hydrogen-bond acceptors (Lipinski definition) is 2. The third-order valence-electron chi connectivity index (χ3n) is 1.52. The van der Waals surface area contributed by atoms with Crippen LogP contribution in [0.4, 0.5) is 0 Å². The number of amidine groups is 1. The molecule has 0 fully saturated rings. The first-order valence-electron chi connectivity index (χ1n) is 3.28. The summed E-state index contributed by atoms with van der Waals surface area (Å²) in [5.74, 6) is 0. The van der Waals surface area contributed by atoms with Crippen molar-refractivity contribution in [2.75, 3.05) is 25.9 Å². The summed E-state index contributed by atoms with van der Waals surface area (Å²) in [6, 6.07) is 0. The first-order valence-corrected chi connectivity index (χ1v) is 4.50. The largest absolute Gasteiger partial charge is 0.306 e. The van der Waals surface area contributed by atoms with Crippen molar-refractivity contribution in [1.82, 2.24) is 5.32 Å². The average molecular weight is 145 g/mol. The van der Waals surface area contributed by atoms with E-state index >= 15 is 0 Å². The van der Waals surface area contributed by atoms with Crippen LogP contribution in [0.2, 0.25) is 0 Å². The van der Waals surface area contributed by atoms with Crippen LogP contribution in [0.1, 0.15) is 6.92 Å². The summed E-state index contributed by atoms with van der Waals surface area (Å²) >= 11 is 1.80. The molecule has 0 aromatic heterocycles. The van der Waals surface area contributed by atoms with Gasteiger partial charge in [-0.05, 0) is 24.9 Å². The lowest BCUT2D eigenvalue weighted by Gasteiger charge is -1.94. The fourth-order valence-electron chi connectivity index (χ4n) is 1.01. The number of likely N-dealkylation sites (N-methyl/N-ethyl adjacent to an activating group) is 1. The highest BCUT2D eigenvalue weighted by molar-refractivity contribution is 8.13. The van der Waals surface area contributed by atoms with E-state index in [0.717, 1.165) is 13.1 Å². The van der Waals surface area contributed by atoms with Crippen LogP contribution in [-0.2, 0) is 0 Å². The van der Waals surface area contributed by atoms with Crippen molar-refractivity contribution in [3.05, 3.63) is 0 Å². The Labute approximate surface area is 60.3 Å². The quantitative estimate of drug-likeness (QED) is 0.535. The Morgan fingerprint density at radius 3 is 3.00 bits per heavy atom. The molecule has 1 aliphatic heterocycles. The molecule has 0 saturated carbocycles. The first kappa shape index (κ1) is 6.93. The van der Waals surface area contributed by atoms with Gasteiger partial charge in [-0.25, -0.2) is 0 Å². The van der Waals surface area contributed by atoms with Gasteiger partial charge in [0.1, 0.15) is 13.1 Å². The molecule has 0 aromatic rings. The predicted octanol–water partition coefficient (Wildman–Crippen LogP) is 0.341. The van der Waals surface area contributed by atoms with Gasteiger partial charge in [0.15, 0.2) is 0 Å². The van der Waals surface area contributed by atoms with Crippen LogP contribution in [0.15, 0.2) is 0 Å². The van der Waals surface area contributed by atoms with E-state index in [-0.39, 0.29) is 0 Å². The van der Waals surface area contributed by atoms with Gasteiger partial charge in [-0.1, -0.05) is 0 Å². The summed E-state index contributed by atoms with van der Waals surface area (Å²) in [6.07, 6.45) is 2.11. The Balaban J connectivity index is 2.59. The number of thioether (sulfide) groups is 1. The number of nitrogens with zero attached hydrogens (tertiary/aromatic N) is 1. The highest BCUT2D eigenvalue weighted by atomic mass is 32.2. The summed E-state index contributed by atoms with van der Waals surface area (Å²) in [5.41, 5.74) is 0. The van der Waals surface area contributed by atoms with Gasteiger partial charge in [0.25, 0.3) is 0 Å². The maximum absolute atomic E-state index is 3.31. The van der Waals surface area contributed by atoms with Crippen LogP contribution >= 0.6 is 11.8 Å². The molecule has 0 saturated heterocycles. The topological polar surface area (TPSA) is 15.0 Å². The van der Waals surface area contributed by atoms with Crippen LogP contribution in [0.25, 0.3) is 0 Å². The predicted molar refractivity (Wildman–Crippen MR) is 42.2 cm³/mol. The van der Waals surface area contributed by atoms with Crippen molar-refractivity contribution >= 4 is 16.9 Å². The average Bonchev–Trinajstić information content (AvgIpc) is 2.33. The first-order chi connectivity index (χ1) is 4.38. The van der Waals surface area contributed by atoms with Crippen molar-refractivity contribution in [1.29, 1.82) is 0 Å². The van der Waals surface area contributed by atoms with Crippen molar-refractivity contribution in [3.63, 3.8) is 0 Å². The van der Waals surface area contributed by atoms with Crippen LogP contribution in [0, 0.1) is 0 Å². The molecule has 3 heteroatoms. The maximum atomic E-state index is 3.31. The van der Waals surface area contributed by atoms with Crippen molar-refractivity contribution in [2.45, 2.75) is 6.92 Å². The van der Waals surface area contributed by atoms with E-state index in [0.29, 0.717) is 0 Å². The lowest BCUT2D eigenvalue weighted by molar-refractivity contribution is -0.511. The summed E-state index contributed by atoms with van der Waals surface area (Å²) < 4.78 is 2.35. The third kappa shape index (κ3) is 1.39. The second kappa shape index (κ2) is 3.11.